The van der Waals surface area contributed by atoms with E-state index in [2.05, 4.69) is 10.2 Å². The Kier molecular flexibility index (Phi) is 4.73. The van der Waals surface area contributed by atoms with Crippen molar-refractivity contribution >= 4 is 11.9 Å². The highest BCUT2D eigenvalue weighted by Gasteiger charge is 2.30. The minimum atomic E-state index is -0.752. The smallest absolute Gasteiger partial charge is 0.303 e. The Morgan fingerprint density at radius 2 is 2.25 bits per heavy atom. The van der Waals surface area contributed by atoms with Gasteiger partial charge in [0.15, 0.2) is 0 Å². The lowest BCUT2D eigenvalue weighted by atomic mass is 10.1. The number of carboxylic acid groups (broad SMARTS) is 1. The number of rotatable bonds is 5. The van der Waals surface area contributed by atoms with Crippen LogP contribution >= 0.6 is 0 Å². The molecule has 1 amide bonds. The van der Waals surface area contributed by atoms with E-state index in [0.29, 0.717) is 13.1 Å². The van der Waals surface area contributed by atoms with Crippen molar-refractivity contribution in [2.45, 2.75) is 32.7 Å². The Balaban J connectivity index is 2.40. The molecular weight excluding hydrogens is 208 g/mol. The molecule has 16 heavy (non-hydrogen) atoms. The molecule has 1 rings (SSSR count). The largest absolute Gasteiger partial charge is 0.481 e. The molecule has 0 aliphatic carbocycles. The molecule has 0 aromatic heterocycles. The summed E-state index contributed by atoms with van der Waals surface area (Å²) in [7, 11) is 0. The highest BCUT2D eigenvalue weighted by Crippen LogP contribution is 2.21. The molecule has 1 saturated heterocycles. The fraction of sp³-hybridized carbons (Fsp3) is 0.818. The van der Waals surface area contributed by atoms with Crippen LogP contribution in [0, 0.1) is 5.92 Å². The van der Waals surface area contributed by atoms with E-state index >= 15 is 0 Å². The zero-order valence-corrected chi connectivity index (χ0v) is 9.90. The highest BCUT2D eigenvalue weighted by atomic mass is 16.4. The molecule has 2 atom stereocenters. The standard InChI is InChI=1S/C11H20N2O3/c1-3-12-11(16)8(2)13-5-4-9(7-13)6-10(14)15/h8-9H,3-7H2,1-2H3,(H,12,16)(H,14,15). The molecule has 2 unspecified atom stereocenters. The second-order valence-electron chi connectivity index (χ2n) is 4.32. The number of nitrogens with one attached hydrogen (secondary N) is 1. The summed E-state index contributed by atoms with van der Waals surface area (Å²) in [6.07, 6.45) is 1.08. The normalized spacial score (nSPS) is 23.0. The fourth-order valence-corrected chi connectivity index (χ4v) is 2.12. The molecule has 0 aromatic carbocycles. The zero-order chi connectivity index (χ0) is 12.1. The summed E-state index contributed by atoms with van der Waals surface area (Å²) < 4.78 is 0. The van der Waals surface area contributed by atoms with E-state index < -0.39 is 5.97 Å². The predicted molar refractivity (Wildman–Crippen MR) is 60.1 cm³/mol. The van der Waals surface area contributed by atoms with E-state index in [1.54, 1.807) is 0 Å². The van der Waals surface area contributed by atoms with Crippen LogP contribution in [0.25, 0.3) is 0 Å². The average Bonchev–Trinajstić information content (AvgIpc) is 2.64. The van der Waals surface area contributed by atoms with Gasteiger partial charge < -0.3 is 10.4 Å². The maximum Gasteiger partial charge on any atom is 0.303 e. The molecule has 0 bridgehead atoms. The lowest BCUT2D eigenvalue weighted by Crippen LogP contribution is -2.44. The molecule has 2 N–H and O–H groups in total. The zero-order valence-electron chi connectivity index (χ0n) is 9.90. The fourth-order valence-electron chi connectivity index (χ4n) is 2.12. The van der Waals surface area contributed by atoms with Gasteiger partial charge >= 0.3 is 5.97 Å². The third kappa shape index (κ3) is 3.48. The Morgan fingerprint density at radius 3 is 2.81 bits per heavy atom. The second-order valence-corrected chi connectivity index (χ2v) is 4.32. The SMILES string of the molecule is CCNC(=O)C(C)N1CCC(CC(=O)O)C1. The summed E-state index contributed by atoms with van der Waals surface area (Å²) in [5.74, 6) is -0.537. The summed E-state index contributed by atoms with van der Waals surface area (Å²) in [5, 5.41) is 11.5. The molecular formula is C11H20N2O3. The molecule has 0 saturated carbocycles. The molecule has 92 valence electrons. The third-order valence-corrected chi connectivity index (χ3v) is 3.06. The van der Waals surface area contributed by atoms with Crippen molar-refractivity contribution < 1.29 is 14.7 Å². The topological polar surface area (TPSA) is 69.6 Å². The summed E-state index contributed by atoms with van der Waals surface area (Å²) >= 11 is 0. The van der Waals surface area contributed by atoms with Crippen LogP contribution in [-0.4, -0.2) is 47.6 Å². The van der Waals surface area contributed by atoms with Crippen LogP contribution in [-0.2, 0) is 9.59 Å². The van der Waals surface area contributed by atoms with Gasteiger partial charge in [0, 0.05) is 19.5 Å². The van der Waals surface area contributed by atoms with Gasteiger partial charge in [-0.3, -0.25) is 14.5 Å². The molecule has 1 fully saturated rings. The number of hydrogen-bond acceptors (Lipinski definition) is 3. The van der Waals surface area contributed by atoms with Crippen LogP contribution in [0.3, 0.4) is 0 Å². The monoisotopic (exact) mass is 228 g/mol. The van der Waals surface area contributed by atoms with Gasteiger partial charge in [-0.05, 0) is 32.7 Å². The van der Waals surface area contributed by atoms with Crippen LogP contribution in [0.5, 0.6) is 0 Å². The third-order valence-electron chi connectivity index (χ3n) is 3.06. The van der Waals surface area contributed by atoms with Gasteiger partial charge in [-0.2, -0.15) is 0 Å². The van der Waals surface area contributed by atoms with Crippen molar-refractivity contribution in [1.29, 1.82) is 0 Å². The van der Waals surface area contributed by atoms with E-state index in [1.807, 2.05) is 13.8 Å². The Morgan fingerprint density at radius 1 is 1.56 bits per heavy atom. The van der Waals surface area contributed by atoms with E-state index in [9.17, 15) is 9.59 Å². The first kappa shape index (κ1) is 13.0. The summed E-state index contributed by atoms with van der Waals surface area (Å²) in [4.78, 5) is 24.2. The van der Waals surface area contributed by atoms with Gasteiger partial charge in [-0.1, -0.05) is 0 Å². The number of amides is 1. The lowest BCUT2D eigenvalue weighted by Gasteiger charge is -2.23. The van der Waals surface area contributed by atoms with Gasteiger partial charge in [-0.25, -0.2) is 0 Å². The second kappa shape index (κ2) is 5.84. The van der Waals surface area contributed by atoms with Crippen LogP contribution in [0.15, 0.2) is 0 Å². The number of nitrogens with zero attached hydrogens (tertiary/aromatic N) is 1. The molecule has 5 nitrogen and oxygen atoms in total. The number of aliphatic carboxylic acids is 1. The molecule has 0 spiro atoms. The Bertz CT molecular complexity index is 268. The van der Waals surface area contributed by atoms with Crippen LogP contribution in [0.1, 0.15) is 26.7 Å². The minimum Gasteiger partial charge on any atom is -0.481 e. The van der Waals surface area contributed by atoms with Crippen molar-refractivity contribution in [1.82, 2.24) is 10.2 Å². The van der Waals surface area contributed by atoms with E-state index in [-0.39, 0.29) is 24.3 Å². The first-order valence-corrected chi connectivity index (χ1v) is 5.78. The number of carboxylic acids is 1. The molecule has 1 aliphatic rings. The maximum absolute atomic E-state index is 11.6. The first-order valence-electron chi connectivity index (χ1n) is 5.78. The molecule has 1 aliphatic heterocycles. The van der Waals surface area contributed by atoms with Crippen LogP contribution in [0.2, 0.25) is 0 Å². The molecule has 1 heterocycles. The average molecular weight is 228 g/mol. The van der Waals surface area contributed by atoms with Gasteiger partial charge in [0.05, 0.1) is 6.04 Å². The van der Waals surface area contributed by atoms with Crippen molar-refractivity contribution in [2.24, 2.45) is 5.92 Å². The number of hydrogen-bond donors (Lipinski definition) is 2. The first-order chi connectivity index (χ1) is 7.54. The van der Waals surface area contributed by atoms with E-state index in [4.69, 9.17) is 5.11 Å². The van der Waals surface area contributed by atoms with E-state index in [1.165, 1.54) is 0 Å². The quantitative estimate of drug-likeness (QED) is 0.710. The minimum absolute atomic E-state index is 0.0264. The Hall–Kier alpha value is -1.10. The van der Waals surface area contributed by atoms with Gasteiger partial charge in [0.25, 0.3) is 0 Å². The highest BCUT2D eigenvalue weighted by molar-refractivity contribution is 5.81. The number of likely N-dealkylation sites (tertiary alicyclic amines) is 1. The summed E-state index contributed by atoms with van der Waals surface area (Å²) in [6.45, 7) is 5.92. The Labute approximate surface area is 95.8 Å². The van der Waals surface area contributed by atoms with Gasteiger partial charge in [-0.15, -0.1) is 0 Å². The summed E-state index contributed by atoms with van der Waals surface area (Å²) in [5.41, 5.74) is 0. The predicted octanol–water partition coefficient (Wildman–Crippen LogP) is 0.308. The number of carbonyl (C=O) groups is 2. The van der Waals surface area contributed by atoms with Crippen molar-refractivity contribution in [3.05, 3.63) is 0 Å². The van der Waals surface area contributed by atoms with E-state index in [0.717, 1.165) is 13.0 Å². The summed E-state index contributed by atoms with van der Waals surface area (Å²) in [6, 6.07) is -0.154. The van der Waals surface area contributed by atoms with Gasteiger partial charge in [0.2, 0.25) is 5.91 Å². The van der Waals surface area contributed by atoms with Crippen molar-refractivity contribution in [2.75, 3.05) is 19.6 Å². The molecule has 5 heteroatoms. The molecule has 0 radical (unpaired) electrons. The van der Waals surface area contributed by atoms with Gasteiger partial charge in [0.1, 0.15) is 0 Å². The van der Waals surface area contributed by atoms with Crippen LogP contribution in [0.4, 0.5) is 0 Å². The van der Waals surface area contributed by atoms with Crippen molar-refractivity contribution in [3.63, 3.8) is 0 Å². The molecule has 0 aromatic rings. The number of carbonyl (C=O) groups excluding carboxylic acids is 1. The lowest BCUT2D eigenvalue weighted by molar-refractivity contribution is -0.138. The number of likely N-dealkylation sites (N-methyl/N-ethyl adjacent to an activating group) is 1. The van der Waals surface area contributed by atoms with Crippen LogP contribution < -0.4 is 5.32 Å². The van der Waals surface area contributed by atoms with Crippen molar-refractivity contribution in [3.8, 4) is 0 Å². The maximum atomic E-state index is 11.6.